The summed E-state index contributed by atoms with van der Waals surface area (Å²) >= 11 is 0. The molecule has 0 aliphatic heterocycles. The lowest BCUT2D eigenvalue weighted by Crippen LogP contribution is -1.95. The highest BCUT2D eigenvalue weighted by Gasteiger charge is 2.38. The summed E-state index contributed by atoms with van der Waals surface area (Å²) in [5.41, 5.74) is 4.54. The van der Waals surface area contributed by atoms with Crippen LogP contribution in [0.4, 0.5) is 0 Å². The second-order valence-electron chi connectivity index (χ2n) is 8.24. The summed E-state index contributed by atoms with van der Waals surface area (Å²) < 4.78 is 0. The maximum absolute atomic E-state index is 4.02. The van der Waals surface area contributed by atoms with Crippen molar-refractivity contribution in [2.45, 2.75) is 84.5 Å². The van der Waals surface area contributed by atoms with Gasteiger partial charge in [-0.15, -0.1) is 6.58 Å². The minimum atomic E-state index is 0.492. The molecule has 1 aromatic rings. The van der Waals surface area contributed by atoms with Gasteiger partial charge in [-0.25, -0.2) is 0 Å². The van der Waals surface area contributed by atoms with Gasteiger partial charge in [0.1, 0.15) is 0 Å². The molecule has 0 atom stereocenters. The zero-order valence-electron chi connectivity index (χ0n) is 17.1. The summed E-state index contributed by atoms with van der Waals surface area (Å²) in [5, 5.41) is 0. The highest BCUT2D eigenvalue weighted by molar-refractivity contribution is 5.65. The van der Waals surface area contributed by atoms with Gasteiger partial charge in [-0.05, 0) is 68.4 Å². The lowest BCUT2D eigenvalue weighted by atomic mass is 9.95. The van der Waals surface area contributed by atoms with Crippen LogP contribution < -0.4 is 0 Å². The Bertz CT molecular complexity index is 598. The standard InChI is InChI=1S/C26H38/c1-4-5-6-7-8-9-15-24-16-10-11-17-25(24)18-20-26(21-22-26)19-13-12-14-23(2)3/h9-11,15-18,20H,2,4-8,12-14,19,21-22H2,1,3H3/b15-9+,20-18+. The van der Waals surface area contributed by atoms with Crippen LogP contribution in [0.2, 0.25) is 0 Å². The fourth-order valence-corrected chi connectivity index (χ4v) is 3.54. The third-order valence-electron chi connectivity index (χ3n) is 5.55. The maximum atomic E-state index is 4.02. The van der Waals surface area contributed by atoms with Crippen LogP contribution in [0.15, 0.2) is 48.6 Å². The normalized spacial score (nSPS) is 15.8. The maximum Gasteiger partial charge on any atom is -0.0114 e. The molecule has 0 saturated heterocycles. The third-order valence-corrected chi connectivity index (χ3v) is 5.55. The van der Waals surface area contributed by atoms with Gasteiger partial charge in [0, 0.05) is 0 Å². The van der Waals surface area contributed by atoms with Gasteiger partial charge in [0.15, 0.2) is 0 Å². The first-order valence-electron chi connectivity index (χ1n) is 10.7. The summed E-state index contributed by atoms with van der Waals surface area (Å²) in [6.07, 6.45) is 24.0. The molecule has 2 rings (SSSR count). The van der Waals surface area contributed by atoms with Crippen molar-refractivity contribution in [1.29, 1.82) is 0 Å². The number of allylic oxidation sites excluding steroid dienone is 3. The molecule has 26 heavy (non-hydrogen) atoms. The van der Waals surface area contributed by atoms with Gasteiger partial charge in [-0.2, -0.15) is 0 Å². The van der Waals surface area contributed by atoms with Gasteiger partial charge >= 0.3 is 0 Å². The SMILES string of the molecule is C=C(C)CCCCC1(/C=C/c2ccccc2/C=C/CCCCCC)CC1. The van der Waals surface area contributed by atoms with Crippen molar-refractivity contribution in [3.8, 4) is 0 Å². The molecule has 0 aromatic heterocycles. The molecule has 1 aliphatic rings. The van der Waals surface area contributed by atoms with Crippen LogP contribution in [-0.4, -0.2) is 0 Å². The first-order chi connectivity index (χ1) is 12.7. The molecule has 142 valence electrons. The van der Waals surface area contributed by atoms with E-state index in [1.165, 1.54) is 87.3 Å². The number of benzene rings is 1. The molecule has 1 saturated carbocycles. The van der Waals surface area contributed by atoms with Crippen LogP contribution in [0.1, 0.15) is 95.6 Å². The van der Waals surface area contributed by atoms with Crippen molar-refractivity contribution in [2.24, 2.45) is 5.41 Å². The zero-order chi connectivity index (χ0) is 18.7. The fraction of sp³-hybridized carbons (Fsp3) is 0.538. The molecule has 0 heterocycles. The largest absolute Gasteiger partial charge is 0.100 e. The molecule has 0 N–H and O–H groups in total. The van der Waals surface area contributed by atoms with Gasteiger partial charge in [-0.1, -0.05) is 86.7 Å². The summed E-state index contributed by atoms with van der Waals surface area (Å²) in [5.74, 6) is 0. The highest BCUT2D eigenvalue weighted by atomic mass is 14.4. The quantitative estimate of drug-likeness (QED) is 0.247. The first-order valence-corrected chi connectivity index (χ1v) is 10.7. The lowest BCUT2D eigenvalue weighted by molar-refractivity contribution is 0.534. The van der Waals surface area contributed by atoms with Crippen molar-refractivity contribution in [1.82, 2.24) is 0 Å². The van der Waals surface area contributed by atoms with Gasteiger partial charge in [0.05, 0.1) is 0 Å². The molecule has 0 amide bonds. The first kappa shape index (κ1) is 20.7. The van der Waals surface area contributed by atoms with Gasteiger partial charge in [-0.3, -0.25) is 0 Å². The monoisotopic (exact) mass is 350 g/mol. The highest BCUT2D eigenvalue weighted by Crippen LogP contribution is 2.51. The molecule has 0 nitrogen and oxygen atoms in total. The van der Waals surface area contributed by atoms with E-state index in [4.69, 9.17) is 0 Å². The van der Waals surface area contributed by atoms with Crippen molar-refractivity contribution < 1.29 is 0 Å². The summed E-state index contributed by atoms with van der Waals surface area (Å²) in [7, 11) is 0. The number of rotatable bonds is 13. The summed E-state index contributed by atoms with van der Waals surface area (Å²) in [4.78, 5) is 0. The number of hydrogen-bond donors (Lipinski definition) is 0. The average Bonchev–Trinajstić information content (AvgIpc) is 3.41. The van der Waals surface area contributed by atoms with Crippen LogP contribution in [0.3, 0.4) is 0 Å². The second-order valence-corrected chi connectivity index (χ2v) is 8.24. The van der Waals surface area contributed by atoms with E-state index in [2.05, 4.69) is 69.0 Å². The van der Waals surface area contributed by atoms with Gasteiger partial charge in [0.25, 0.3) is 0 Å². The Labute approximate surface area is 162 Å². The molecular weight excluding hydrogens is 312 g/mol. The van der Waals surface area contributed by atoms with E-state index in [9.17, 15) is 0 Å². The molecule has 0 bridgehead atoms. The van der Waals surface area contributed by atoms with E-state index < -0.39 is 0 Å². The van der Waals surface area contributed by atoms with Crippen molar-refractivity contribution >= 4 is 12.2 Å². The Morgan fingerprint density at radius 1 is 1.00 bits per heavy atom. The van der Waals surface area contributed by atoms with E-state index in [0.29, 0.717) is 5.41 Å². The topological polar surface area (TPSA) is 0 Å². The lowest BCUT2D eigenvalue weighted by Gasteiger charge is -2.10. The van der Waals surface area contributed by atoms with Crippen LogP contribution in [0.5, 0.6) is 0 Å². The van der Waals surface area contributed by atoms with Crippen LogP contribution >= 0.6 is 0 Å². The van der Waals surface area contributed by atoms with E-state index in [0.717, 1.165) is 0 Å². The van der Waals surface area contributed by atoms with E-state index in [1.54, 1.807) is 0 Å². The van der Waals surface area contributed by atoms with Crippen molar-refractivity contribution in [3.05, 3.63) is 59.7 Å². The minimum Gasteiger partial charge on any atom is -0.100 e. The Morgan fingerprint density at radius 2 is 1.73 bits per heavy atom. The Morgan fingerprint density at radius 3 is 2.38 bits per heavy atom. The van der Waals surface area contributed by atoms with Crippen LogP contribution in [0.25, 0.3) is 12.2 Å². The Hall–Kier alpha value is -1.56. The van der Waals surface area contributed by atoms with Crippen LogP contribution in [-0.2, 0) is 0 Å². The molecular formula is C26H38. The van der Waals surface area contributed by atoms with Gasteiger partial charge < -0.3 is 0 Å². The fourth-order valence-electron chi connectivity index (χ4n) is 3.54. The third kappa shape index (κ3) is 7.77. The second kappa shape index (κ2) is 11.2. The smallest absolute Gasteiger partial charge is 0.0114 e. The van der Waals surface area contributed by atoms with Crippen molar-refractivity contribution in [2.75, 3.05) is 0 Å². The van der Waals surface area contributed by atoms with E-state index in [1.807, 2.05) is 0 Å². The average molecular weight is 351 g/mol. The predicted octanol–water partition coefficient (Wildman–Crippen LogP) is 8.60. The Kier molecular flexibility index (Phi) is 8.95. The van der Waals surface area contributed by atoms with E-state index in [-0.39, 0.29) is 0 Å². The van der Waals surface area contributed by atoms with E-state index >= 15 is 0 Å². The molecule has 0 spiro atoms. The molecule has 1 fully saturated rings. The molecule has 1 aliphatic carbocycles. The zero-order valence-corrected chi connectivity index (χ0v) is 17.1. The molecule has 0 heteroatoms. The summed E-state index contributed by atoms with van der Waals surface area (Å²) in [6, 6.07) is 8.81. The Balaban J connectivity index is 1.85. The predicted molar refractivity (Wildman–Crippen MR) is 118 cm³/mol. The van der Waals surface area contributed by atoms with Crippen molar-refractivity contribution in [3.63, 3.8) is 0 Å². The number of unbranched alkanes of at least 4 members (excludes halogenated alkanes) is 5. The molecule has 1 aromatic carbocycles. The van der Waals surface area contributed by atoms with Gasteiger partial charge in [0.2, 0.25) is 0 Å². The molecule has 0 unspecified atom stereocenters. The minimum absolute atomic E-state index is 0.492. The summed E-state index contributed by atoms with van der Waals surface area (Å²) in [6.45, 7) is 8.42. The molecule has 0 radical (unpaired) electrons. The number of hydrogen-bond acceptors (Lipinski definition) is 0. The van der Waals surface area contributed by atoms with Crippen LogP contribution in [0, 0.1) is 5.41 Å².